The first-order chi connectivity index (χ1) is 8.13. The summed E-state index contributed by atoms with van der Waals surface area (Å²) in [5.41, 5.74) is 1.86. The molecule has 0 saturated carbocycles. The predicted octanol–water partition coefficient (Wildman–Crippen LogP) is 1.74. The third-order valence-electron chi connectivity index (χ3n) is 2.42. The van der Waals surface area contributed by atoms with Gasteiger partial charge in [-0.25, -0.2) is 0 Å². The summed E-state index contributed by atoms with van der Waals surface area (Å²) in [6, 6.07) is 5.41. The highest BCUT2D eigenvalue weighted by atomic mass is 16.6. The fraction of sp³-hybridized carbons (Fsp3) is 0.200. The third-order valence-corrected chi connectivity index (χ3v) is 2.42. The van der Waals surface area contributed by atoms with Crippen LogP contribution in [0.25, 0.3) is 11.0 Å². The number of para-hydroxylation sites is 1. The average molecular weight is 235 g/mol. The molecule has 0 saturated heterocycles. The molecule has 0 amide bonds. The zero-order chi connectivity index (χ0) is 12.4. The third kappa shape index (κ3) is 1.94. The number of amidine groups is 1. The molecule has 88 valence electrons. The fourth-order valence-electron chi connectivity index (χ4n) is 1.56. The maximum atomic E-state index is 10.5. The molecule has 1 aromatic carbocycles. The topological polar surface area (TPSA) is 102 Å². The highest BCUT2D eigenvalue weighted by Crippen LogP contribution is 2.22. The van der Waals surface area contributed by atoms with Gasteiger partial charge in [0.05, 0.1) is 0 Å². The van der Waals surface area contributed by atoms with Gasteiger partial charge in [-0.05, 0) is 23.5 Å². The van der Waals surface area contributed by atoms with Crippen molar-refractivity contribution >= 4 is 16.8 Å². The number of nitro groups is 1. The predicted molar refractivity (Wildman–Crippen MR) is 58.7 cm³/mol. The molecule has 0 aliphatic heterocycles. The molecule has 2 aromatic rings. The molecule has 0 aliphatic rings. The van der Waals surface area contributed by atoms with E-state index in [1.165, 1.54) is 0 Å². The Balaban J connectivity index is 2.44. The number of aryl methyl sites for hydroxylation is 1. The second-order valence-corrected chi connectivity index (χ2v) is 3.53. The molecular formula is C10H9N3O4. The number of hydrogen-bond donors (Lipinski definition) is 1. The van der Waals surface area contributed by atoms with Crippen molar-refractivity contribution < 1.29 is 14.7 Å². The molecule has 2 rings (SSSR count). The van der Waals surface area contributed by atoms with Crippen LogP contribution >= 0.6 is 0 Å². The minimum absolute atomic E-state index is 0.181. The molecule has 1 aromatic heterocycles. The lowest BCUT2D eigenvalue weighted by molar-refractivity contribution is -0.355. The number of benzene rings is 1. The zero-order valence-corrected chi connectivity index (χ0v) is 8.95. The van der Waals surface area contributed by atoms with Crippen molar-refractivity contribution in [2.45, 2.75) is 13.3 Å². The van der Waals surface area contributed by atoms with E-state index in [1.54, 1.807) is 12.1 Å². The lowest BCUT2D eigenvalue weighted by atomic mass is 10.1. The largest absolute Gasteiger partial charge is 0.391 e. The van der Waals surface area contributed by atoms with Gasteiger partial charge in [-0.3, -0.25) is 0 Å². The standard InChI is InChI=1S/C10H9N3O4/c1-6-3-2-4-7-8(12-17-10(6)7)5-9(11-14)13(15)16/h2-4,14H,5H2,1H3. The van der Waals surface area contributed by atoms with Gasteiger partial charge in [0.1, 0.15) is 12.1 Å². The molecule has 1 N–H and O–H groups in total. The summed E-state index contributed by atoms with van der Waals surface area (Å²) in [5.74, 6) is -0.568. The van der Waals surface area contributed by atoms with Crippen LogP contribution in [-0.4, -0.2) is 21.1 Å². The smallest absolute Gasteiger partial charge is 0.358 e. The van der Waals surface area contributed by atoms with Crippen LogP contribution in [0.15, 0.2) is 27.9 Å². The summed E-state index contributed by atoms with van der Waals surface area (Å²) in [5, 5.41) is 26.1. The number of nitrogens with zero attached hydrogens (tertiary/aromatic N) is 3. The van der Waals surface area contributed by atoms with Crippen molar-refractivity contribution in [2.75, 3.05) is 0 Å². The van der Waals surface area contributed by atoms with E-state index in [-0.39, 0.29) is 6.42 Å². The Kier molecular flexibility index (Phi) is 2.73. The maximum Gasteiger partial charge on any atom is 0.391 e. The summed E-state index contributed by atoms with van der Waals surface area (Å²) < 4.78 is 5.10. The lowest BCUT2D eigenvalue weighted by Crippen LogP contribution is -2.15. The van der Waals surface area contributed by atoms with Crippen LogP contribution < -0.4 is 0 Å². The summed E-state index contributed by atoms with van der Waals surface area (Å²) in [7, 11) is 0. The van der Waals surface area contributed by atoms with Gasteiger partial charge < -0.3 is 19.8 Å². The van der Waals surface area contributed by atoms with Crippen molar-refractivity contribution in [1.29, 1.82) is 0 Å². The lowest BCUT2D eigenvalue weighted by Gasteiger charge is -1.94. The molecule has 0 fully saturated rings. The number of hydrogen-bond acceptors (Lipinski definition) is 6. The molecule has 0 unspecified atom stereocenters. The second kappa shape index (κ2) is 4.20. The first-order valence-corrected chi connectivity index (χ1v) is 4.82. The van der Waals surface area contributed by atoms with Gasteiger partial charge >= 0.3 is 5.84 Å². The van der Waals surface area contributed by atoms with Crippen LogP contribution in [0.3, 0.4) is 0 Å². The molecule has 0 atom stereocenters. The zero-order valence-electron chi connectivity index (χ0n) is 8.95. The van der Waals surface area contributed by atoms with Crippen LogP contribution in [0.5, 0.6) is 0 Å². The molecule has 17 heavy (non-hydrogen) atoms. The van der Waals surface area contributed by atoms with E-state index < -0.39 is 10.8 Å². The Morgan fingerprint density at radius 1 is 1.65 bits per heavy atom. The fourth-order valence-corrected chi connectivity index (χ4v) is 1.56. The summed E-state index contributed by atoms with van der Waals surface area (Å²) in [6.07, 6.45) is -0.181. The highest BCUT2D eigenvalue weighted by Gasteiger charge is 2.19. The quantitative estimate of drug-likeness (QED) is 0.281. The molecule has 1 heterocycles. The number of fused-ring (bicyclic) bond motifs is 1. The van der Waals surface area contributed by atoms with Crippen molar-refractivity contribution in [2.24, 2.45) is 5.16 Å². The van der Waals surface area contributed by atoms with E-state index in [0.717, 1.165) is 5.56 Å². The van der Waals surface area contributed by atoms with Gasteiger partial charge in [0.15, 0.2) is 10.7 Å². The van der Waals surface area contributed by atoms with E-state index in [2.05, 4.69) is 10.3 Å². The first-order valence-electron chi connectivity index (χ1n) is 4.82. The molecule has 0 spiro atoms. The minimum Gasteiger partial charge on any atom is -0.358 e. The molecule has 0 radical (unpaired) electrons. The summed E-state index contributed by atoms with van der Waals surface area (Å²) >= 11 is 0. The second-order valence-electron chi connectivity index (χ2n) is 3.53. The van der Waals surface area contributed by atoms with Crippen molar-refractivity contribution in [3.63, 3.8) is 0 Å². The van der Waals surface area contributed by atoms with Gasteiger partial charge in [-0.1, -0.05) is 17.3 Å². The van der Waals surface area contributed by atoms with Gasteiger partial charge in [0.25, 0.3) is 0 Å². The Hall–Kier alpha value is -2.44. The number of oxime groups is 1. The Bertz CT molecular complexity index is 603. The molecule has 0 aliphatic carbocycles. The highest BCUT2D eigenvalue weighted by molar-refractivity contribution is 5.86. The van der Waals surface area contributed by atoms with E-state index in [1.807, 2.05) is 13.0 Å². The first kappa shape index (κ1) is 11.1. The Morgan fingerprint density at radius 2 is 2.41 bits per heavy atom. The van der Waals surface area contributed by atoms with Gasteiger partial charge in [0.2, 0.25) is 0 Å². The van der Waals surface area contributed by atoms with Crippen LogP contribution in [0.2, 0.25) is 0 Å². The van der Waals surface area contributed by atoms with Crippen LogP contribution in [-0.2, 0) is 6.42 Å². The van der Waals surface area contributed by atoms with Gasteiger partial charge in [-0.15, -0.1) is 0 Å². The number of aromatic nitrogens is 1. The van der Waals surface area contributed by atoms with Gasteiger partial charge in [0, 0.05) is 5.39 Å². The van der Waals surface area contributed by atoms with Crippen molar-refractivity contribution in [3.8, 4) is 0 Å². The minimum atomic E-state index is -0.754. The monoisotopic (exact) mass is 235 g/mol. The van der Waals surface area contributed by atoms with Crippen LogP contribution in [0, 0.1) is 17.0 Å². The Labute approximate surface area is 95.5 Å². The SMILES string of the molecule is Cc1cccc2c(CC(=NO)[N+](=O)[O-])noc12. The average Bonchev–Trinajstić information content (AvgIpc) is 2.70. The molecule has 7 heteroatoms. The van der Waals surface area contributed by atoms with E-state index in [9.17, 15) is 10.1 Å². The van der Waals surface area contributed by atoms with Gasteiger partial charge in [-0.2, -0.15) is 0 Å². The van der Waals surface area contributed by atoms with Crippen molar-refractivity contribution in [1.82, 2.24) is 5.16 Å². The normalized spacial score (nSPS) is 11.9. The van der Waals surface area contributed by atoms with Crippen LogP contribution in [0.4, 0.5) is 0 Å². The van der Waals surface area contributed by atoms with E-state index in [4.69, 9.17) is 9.73 Å². The Morgan fingerprint density at radius 3 is 3.06 bits per heavy atom. The molecule has 7 nitrogen and oxygen atoms in total. The molecular weight excluding hydrogens is 226 g/mol. The van der Waals surface area contributed by atoms with Crippen molar-refractivity contribution in [3.05, 3.63) is 39.6 Å². The van der Waals surface area contributed by atoms with Crippen LogP contribution in [0.1, 0.15) is 11.3 Å². The summed E-state index contributed by atoms with van der Waals surface area (Å²) in [4.78, 5) is 9.76. The maximum absolute atomic E-state index is 10.5. The summed E-state index contributed by atoms with van der Waals surface area (Å²) in [6.45, 7) is 1.85. The number of rotatable bonds is 2. The molecule has 0 bridgehead atoms. The van der Waals surface area contributed by atoms with E-state index in [0.29, 0.717) is 16.7 Å². The van der Waals surface area contributed by atoms with E-state index >= 15 is 0 Å².